The molecule has 1 aromatic heterocycles. The maximum Gasteiger partial charge on any atom is 0.275 e. The topological polar surface area (TPSA) is 87.1 Å². The Morgan fingerprint density at radius 2 is 1.76 bits per heavy atom. The summed E-state index contributed by atoms with van der Waals surface area (Å²) in [7, 11) is 0. The molecule has 0 bridgehead atoms. The van der Waals surface area contributed by atoms with Gasteiger partial charge in [-0.25, -0.2) is 10.4 Å². The van der Waals surface area contributed by atoms with Crippen LogP contribution in [0.15, 0.2) is 71.8 Å². The van der Waals surface area contributed by atoms with Gasteiger partial charge in [-0.1, -0.05) is 65.9 Å². The molecule has 1 fully saturated rings. The van der Waals surface area contributed by atoms with E-state index in [1.807, 2.05) is 54.6 Å². The van der Waals surface area contributed by atoms with Crippen molar-refractivity contribution in [3.8, 4) is 17.0 Å². The standard InChI is InChI=1S/C25H22N4O3S/c30-21-15-19-9-5-4-8-18(19)14-20(21)24(31)28-26-16-22-23(17-6-2-1-3-7-17)27-25(33-22)29-10-12-32-13-11-29/h1-9,14-16,30H,10-13H2,(H,28,31). The number of ether oxygens (including phenoxy) is 1. The number of benzene rings is 3. The molecule has 8 heteroatoms. The van der Waals surface area contributed by atoms with Gasteiger partial charge in [0.15, 0.2) is 5.13 Å². The van der Waals surface area contributed by atoms with Crippen LogP contribution in [0.1, 0.15) is 15.2 Å². The first-order chi connectivity index (χ1) is 16.2. The van der Waals surface area contributed by atoms with Crippen molar-refractivity contribution >= 4 is 39.4 Å². The van der Waals surface area contributed by atoms with Crippen molar-refractivity contribution in [3.63, 3.8) is 0 Å². The zero-order valence-electron chi connectivity index (χ0n) is 17.8. The van der Waals surface area contributed by atoms with E-state index in [4.69, 9.17) is 9.72 Å². The number of thiazole rings is 1. The number of aromatic nitrogens is 1. The van der Waals surface area contributed by atoms with Crippen molar-refractivity contribution in [1.82, 2.24) is 10.4 Å². The van der Waals surface area contributed by atoms with Crippen molar-refractivity contribution in [2.75, 3.05) is 31.2 Å². The van der Waals surface area contributed by atoms with Crippen LogP contribution in [0, 0.1) is 0 Å². The zero-order valence-corrected chi connectivity index (χ0v) is 18.6. The molecule has 0 aliphatic carbocycles. The Bertz CT molecular complexity index is 1310. The molecule has 3 aromatic carbocycles. The minimum Gasteiger partial charge on any atom is -0.507 e. The summed E-state index contributed by atoms with van der Waals surface area (Å²) in [5, 5.41) is 17.1. The van der Waals surface area contributed by atoms with Gasteiger partial charge in [-0.15, -0.1) is 0 Å². The number of fused-ring (bicyclic) bond motifs is 1. The van der Waals surface area contributed by atoms with Crippen LogP contribution in [0.3, 0.4) is 0 Å². The number of nitrogens with zero attached hydrogens (tertiary/aromatic N) is 3. The second kappa shape index (κ2) is 9.40. The van der Waals surface area contributed by atoms with Gasteiger partial charge in [0.05, 0.1) is 35.6 Å². The van der Waals surface area contributed by atoms with E-state index in [0.29, 0.717) is 13.2 Å². The first kappa shape index (κ1) is 21.1. The molecule has 1 saturated heterocycles. The molecule has 2 N–H and O–H groups in total. The lowest BCUT2D eigenvalue weighted by Gasteiger charge is -2.26. The van der Waals surface area contributed by atoms with Gasteiger partial charge in [-0.05, 0) is 22.9 Å². The number of hydrogen-bond donors (Lipinski definition) is 2. The number of anilines is 1. The Balaban J connectivity index is 1.40. The molecule has 7 nitrogen and oxygen atoms in total. The van der Waals surface area contributed by atoms with E-state index in [9.17, 15) is 9.90 Å². The second-order valence-electron chi connectivity index (χ2n) is 7.59. The molecule has 0 radical (unpaired) electrons. The maximum atomic E-state index is 12.7. The van der Waals surface area contributed by atoms with E-state index in [1.54, 1.807) is 18.3 Å². The van der Waals surface area contributed by atoms with Crippen molar-refractivity contribution in [1.29, 1.82) is 0 Å². The molecule has 2 heterocycles. The molecule has 0 unspecified atom stereocenters. The number of phenolic OH excluding ortho intramolecular Hbond substituents is 1. The molecule has 0 saturated carbocycles. The highest BCUT2D eigenvalue weighted by molar-refractivity contribution is 7.17. The zero-order chi connectivity index (χ0) is 22.6. The van der Waals surface area contributed by atoms with Crippen LogP contribution in [0.5, 0.6) is 5.75 Å². The molecule has 4 aromatic rings. The Hall–Kier alpha value is -3.75. The molecule has 1 aliphatic rings. The van der Waals surface area contributed by atoms with E-state index in [0.717, 1.165) is 45.1 Å². The van der Waals surface area contributed by atoms with Crippen LogP contribution >= 0.6 is 11.3 Å². The number of rotatable bonds is 5. The van der Waals surface area contributed by atoms with E-state index >= 15 is 0 Å². The third kappa shape index (κ3) is 4.57. The summed E-state index contributed by atoms with van der Waals surface area (Å²) >= 11 is 1.52. The minimum atomic E-state index is -0.478. The molecular weight excluding hydrogens is 436 g/mol. The fraction of sp³-hybridized carbons (Fsp3) is 0.160. The number of nitrogens with one attached hydrogen (secondary N) is 1. The van der Waals surface area contributed by atoms with Gasteiger partial charge >= 0.3 is 0 Å². The van der Waals surface area contributed by atoms with Gasteiger partial charge in [0.25, 0.3) is 5.91 Å². The number of hydrazone groups is 1. The quantitative estimate of drug-likeness (QED) is 0.345. The summed E-state index contributed by atoms with van der Waals surface area (Å²) in [6.45, 7) is 2.93. The maximum absolute atomic E-state index is 12.7. The molecule has 166 valence electrons. The highest BCUT2D eigenvalue weighted by Crippen LogP contribution is 2.32. The largest absolute Gasteiger partial charge is 0.507 e. The molecule has 1 amide bonds. The molecular formula is C25H22N4O3S. The van der Waals surface area contributed by atoms with Gasteiger partial charge in [0.2, 0.25) is 0 Å². The summed E-state index contributed by atoms with van der Waals surface area (Å²) in [5.74, 6) is -0.563. The van der Waals surface area contributed by atoms with E-state index in [1.165, 1.54) is 11.3 Å². The van der Waals surface area contributed by atoms with Gasteiger partial charge in [0, 0.05) is 18.7 Å². The summed E-state index contributed by atoms with van der Waals surface area (Å²) in [4.78, 5) is 20.6. The summed E-state index contributed by atoms with van der Waals surface area (Å²) < 4.78 is 5.45. The second-order valence-corrected chi connectivity index (χ2v) is 8.60. The third-order valence-corrected chi connectivity index (χ3v) is 6.48. The van der Waals surface area contributed by atoms with Crippen LogP contribution in [-0.2, 0) is 4.74 Å². The molecule has 0 atom stereocenters. The van der Waals surface area contributed by atoms with Crippen molar-refractivity contribution in [3.05, 3.63) is 77.2 Å². The normalized spacial score (nSPS) is 14.1. The number of aromatic hydroxyl groups is 1. The van der Waals surface area contributed by atoms with Gasteiger partial charge in [-0.3, -0.25) is 4.79 Å². The summed E-state index contributed by atoms with van der Waals surface area (Å²) in [5.41, 5.74) is 4.50. The monoisotopic (exact) mass is 458 g/mol. The van der Waals surface area contributed by atoms with E-state index in [2.05, 4.69) is 15.4 Å². The van der Waals surface area contributed by atoms with E-state index in [-0.39, 0.29) is 11.3 Å². The van der Waals surface area contributed by atoms with Crippen molar-refractivity contribution in [2.24, 2.45) is 5.10 Å². The molecule has 0 spiro atoms. The first-order valence-electron chi connectivity index (χ1n) is 10.6. The fourth-order valence-corrected chi connectivity index (χ4v) is 4.73. The fourth-order valence-electron chi connectivity index (χ4n) is 3.72. The van der Waals surface area contributed by atoms with Gasteiger partial charge < -0.3 is 14.7 Å². The number of carbonyl (C=O) groups is 1. The highest BCUT2D eigenvalue weighted by atomic mass is 32.1. The molecule has 1 aliphatic heterocycles. The lowest BCUT2D eigenvalue weighted by molar-refractivity contribution is 0.0952. The van der Waals surface area contributed by atoms with Crippen molar-refractivity contribution in [2.45, 2.75) is 0 Å². The number of phenols is 1. The summed E-state index contributed by atoms with van der Waals surface area (Å²) in [6.07, 6.45) is 1.61. The van der Waals surface area contributed by atoms with E-state index < -0.39 is 5.91 Å². The third-order valence-electron chi connectivity index (χ3n) is 5.43. The average molecular weight is 459 g/mol. The Kier molecular flexibility index (Phi) is 6.01. The lowest BCUT2D eigenvalue weighted by Crippen LogP contribution is -2.36. The van der Waals surface area contributed by atoms with Crippen LogP contribution < -0.4 is 10.3 Å². The van der Waals surface area contributed by atoms with Crippen LogP contribution in [0.4, 0.5) is 5.13 Å². The average Bonchev–Trinajstić information content (AvgIpc) is 3.29. The number of morpholine rings is 1. The predicted molar refractivity (Wildman–Crippen MR) is 131 cm³/mol. The number of amides is 1. The van der Waals surface area contributed by atoms with Crippen LogP contribution in [-0.4, -0.2) is 48.5 Å². The minimum absolute atomic E-state index is 0.0845. The number of carbonyl (C=O) groups excluding carboxylic acids is 1. The first-order valence-corrected chi connectivity index (χ1v) is 11.4. The number of hydrogen-bond acceptors (Lipinski definition) is 7. The van der Waals surface area contributed by atoms with Gasteiger partial charge in [0.1, 0.15) is 5.75 Å². The molecule has 33 heavy (non-hydrogen) atoms. The summed E-state index contributed by atoms with van der Waals surface area (Å²) in [6, 6.07) is 20.7. The highest BCUT2D eigenvalue weighted by Gasteiger charge is 2.19. The van der Waals surface area contributed by atoms with Crippen LogP contribution in [0.25, 0.3) is 22.0 Å². The van der Waals surface area contributed by atoms with Crippen LogP contribution in [0.2, 0.25) is 0 Å². The Morgan fingerprint density at radius 3 is 2.52 bits per heavy atom. The van der Waals surface area contributed by atoms with Gasteiger partial charge in [-0.2, -0.15) is 5.10 Å². The Morgan fingerprint density at radius 1 is 1.06 bits per heavy atom. The Labute approximate surface area is 195 Å². The lowest BCUT2D eigenvalue weighted by atomic mass is 10.1. The predicted octanol–water partition coefficient (Wildman–Crippen LogP) is 4.27. The SMILES string of the molecule is O=C(NN=Cc1sc(N2CCOCC2)nc1-c1ccccc1)c1cc2ccccc2cc1O. The smallest absolute Gasteiger partial charge is 0.275 e. The van der Waals surface area contributed by atoms with Crippen molar-refractivity contribution < 1.29 is 14.6 Å². The molecule has 5 rings (SSSR count).